The van der Waals surface area contributed by atoms with E-state index in [1.54, 1.807) is 7.05 Å². The second-order valence-electron chi connectivity index (χ2n) is 7.32. The van der Waals surface area contributed by atoms with E-state index in [2.05, 4.69) is 50.4 Å². The maximum Gasteiger partial charge on any atom is 0.330 e. The lowest BCUT2D eigenvalue weighted by molar-refractivity contribution is 0.403. The van der Waals surface area contributed by atoms with Crippen LogP contribution in [0.25, 0.3) is 0 Å². The van der Waals surface area contributed by atoms with E-state index in [1.165, 1.54) is 41.6 Å². The van der Waals surface area contributed by atoms with E-state index in [1.807, 2.05) is 0 Å². The number of hydrogen-bond donors (Lipinski definition) is 1. The van der Waals surface area contributed by atoms with Crippen molar-refractivity contribution in [2.75, 3.05) is 0 Å². The number of aromatic nitrogens is 2. The molecular weight excluding hydrogens is 326 g/mol. The van der Waals surface area contributed by atoms with E-state index in [0.717, 1.165) is 11.0 Å². The molecule has 1 N–H and O–H groups in total. The Labute approximate surface area is 155 Å². The van der Waals surface area contributed by atoms with Crippen LogP contribution in [0.4, 0.5) is 0 Å². The van der Waals surface area contributed by atoms with Gasteiger partial charge in [-0.1, -0.05) is 51.5 Å². The van der Waals surface area contributed by atoms with Gasteiger partial charge in [-0.15, -0.1) is 0 Å². The summed E-state index contributed by atoms with van der Waals surface area (Å²) >= 11 is 0. The first kappa shape index (κ1) is 20.2. The zero-order valence-electron chi connectivity index (χ0n) is 16.6. The van der Waals surface area contributed by atoms with Crippen molar-refractivity contribution < 1.29 is 0 Å². The number of rotatable bonds is 8. The van der Waals surface area contributed by atoms with Gasteiger partial charge in [0.2, 0.25) is 0 Å². The van der Waals surface area contributed by atoms with Gasteiger partial charge in [-0.25, -0.2) is 4.79 Å². The minimum Gasteiger partial charge on any atom is -0.304 e. The highest BCUT2D eigenvalue weighted by molar-refractivity contribution is 5.25. The van der Waals surface area contributed by atoms with Gasteiger partial charge >= 0.3 is 5.69 Å². The Morgan fingerprint density at radius 3 is 2.27 bits per heavy atom. The van der Waals surface area contributed by atoms with Crippen molar-refractivity contribution >= 4 is 0 Å². The number of aryl methyl sites for hydroxylation is 1. The lowest BCUT2D eigenvalue weighted by atomic mass is 9.94. The molecule has 142 valence electrons. The molecule has 0 bridgehead atoms. The summed E-state index contributed by atoms with van der Waals surface area (Å²) in [7, 11) is 3.20. The summed E-state index contributed by atoms with van der Waals surface area (Å²) in [6.45, 7) is 7.02. The molecule has 0 radical (unpaired) electrons. The molecule has 0 aliphatic carbocycles. The summed E-state index contributed by atoms with van der Waals surface area (Å²) in [6.07, 6.45) is 3.53. The maximum atomic E-state index is 12.1. The Morgan fingerprint density at radius 1 is 1.04 bits per heavy atom. The van der Waals surface area contributed by atoms with Gasteiger partial charge in [0, 0.05) is 38.4 Å². The molecular formula is C21H31N3O2. The van der Waals surface area contributed by atoms with Gasteiger partial charge in [0.05, 0.1) is 0 Å². The first-order chi connectivity index (χ1) is 12.3. The van der Waals surface area contributed by atoms with Gasteiger partial charge in [0.1, 0.15) is 0 Å². The third-order valence-corrected chi connectivity index (χ3v) is 4.95. The average Bonchev–Trinajstić information content (AvgIpc) is 2.63. The van der Waals surface area contributed by atoms with Crippen LogP contribution < -0.4 is 16.6 Å². The second kappa shape index (κ2) is 8.99. The minimum atomic E-state index is -0.296. The highest BCUT2D eigenvalue weighted by Gasteiger charge is 2.16. The van der Waals surface area contributed by atoms with Crippen molar-refractivity contribution in [3.8, 4) is 0 Å². The van der Waals surface area contributed by atoms with E-state index >= 15 is 0 Å². The van der Waals surface area contributed by atoms with Gasteiger partial charge in [-0.05, 0) is 29.9 Å². The zero-order chi connectivity index (χ0) is 19.3. The van der Waals surface area contributed by atoms with Crippen molar-refractivity contribution in [3.63, 3.8) is 0 Å². The number of nitrogens with one attached hydrogen (secondary N) is 1. The van der Waals surface area contributed by atoms with Gasteiger partial charge in [0.25, 0.3) is 5.56 Å². The standard InChI is InChI=1S/C21H31N3O2/c1-6-7-8-16-9-11-17(12-10-16)20(15(2)3)22-14-18-13-19(25)24(5)21(26)23(18)4/h9-13,15,20,22H,6-8,14H2,1-5H3/t20-/m1/s1. The monoisotopic (exact) mass is 357 g/mol. The van der Waals surface area contributed by atoms with Crippen LogP contribution in [0, 0.1) is 5.92 Å². The molecule has 0 saturated carbocycles. The molecule has 0 spiro atoms. The third-order valence-electron chi connectivity index (χ3n) is 4.95. The molecule has 1 aromatic carbocycles. The highest BCUT2D eigenvalue weighted by atomic mass is 16.2. The molecule has 0 fully saturated rings. The second-order valence-corrected chi connectivity index (χ2v) is 7.32. The van der Waals surface area contributed by atoms with Crippen LogP contribution in [0.15, 0.2) is 39.9 Å². The van der Waals surface area contributed by atoms with E-state index in [4.69, 9.17) is 0 Å². The van der Waals surface area contributed by atoms with Crippen molar-refractivity contribution in [3.05, 3.63) is 68.0 Å². The molecule has 5 heteroatoms. The van der Waals surface area contributed by atoms with E-state index in [0.29, 0.717) is 18.2 Å². The van der Waals surface area contributed by atoms with Crippen LogP contribution in [0.5, 0.6) is 0 Å². The quantitative estimate of drug-likeness (QED) is 0.790. The normalized spacial score (nSPS) is 12.5. The smallest absolute Gasteiger partial charge is 0.304 e. The molecule has 0 saturated heterocycles. The SMILES string of the molecule is CCCCc1ccc([C@H](NCc2cc(=O)n(C)c(=O)n2C)C(C)C)cc1. The minimum absolute atomic E-state index is 0.161. The number of hydrogen-bond acceptors (Lipinski definition) is 3. The molecule has 2 aromatic rings. The van der Waals surface area contributed by atoms with Gasteiger partial charge in [0.15, 0.2) is 0 Å². The van der Waals surface area contributed by atoms with Crippen LogP contribution in [0.1, 0.15) is 56.5 Å². The fourth-order valence-electron chi connectivity index (χ4n) is 3.17. The molecule has 1 heterocycles. The molecule has 0 unspecified atom stereocenters. The largest absolute Gasteiger partial charge is 0.330 e. The molecule has 0 amide bonds. The Bertz CT molecular complexity index is 832. The first-order valence-electron chi connectivity index (χ1n) is 9.43. The van der Waals surface area contributed by atoms with E-state index < -0.39 is 0 Å². The molecule has 1 aromatic heterocycles. The van der Waals surface area contributed by atoms with E-state index in [-0.39, 0.29) is 17.3 Å². The van der Waals surface area contributed by atoms with Crippen molar-refractivity contribution in [1.82, 2.24) is 14.5 Å². The summed E-state index contributed by atoms with van der Waals surface area (Å²) in [6, 6.07) is 10.5. The van der Waals surface area contributed by atoms with E-state index in [9.17, 15) is 9.59 Å². The number of nitrogens with zero attached hydrogens (tertiary/aromatic N) is 2. The lowest BCUT2D eigenvalue weighted by Crippen LogP contribution is -2.39. The number of unbranched alkanes of at least 4 members (excludes halogenated alkanes) is 1. The zero-order valence-corrected chi connectivity index (χ0v) is 16.6. The lowest BCUT2D eigenvalue weighted by Gasteiger charge is -2.24. The summed E-state index contributed by atoms with van der Waals surface area (Å²) in [5.74, 6) is 0.389. The molecule has 0 aliphatic rings. The van der Waals surface area contributed by atoms with Crippen LogP contribution >= 0.6 is 0 Å². The Hall–Kier alpha value is -2.14. The Kier molecular flexibility index (Phi) is 6.98. The van der Waals surface area contributed by atoms with Crippen LogP contribution in [0.3, 0.4) is 0 Å². The predicted octanol–water partition coefficient (Wildman–Crippen LogP) is 2.91. The van der Waals surface area contributed by atoms with Crippen LogP contribution in [0.2, 0.25) is 0 Å². The molecule has 1 atom stereocenters. The van der Waals surface area contributed by atoms with Gasteiger partial charge < -0.3 is 5.32 Å². The fraction of sp³-hybridized carbons (Fsp3) is 0.524. The number of benzene rings is 1. The summed E-state index contributed by atoms with van der Waals surface area (Å²) in [4.78, 5) is 24.0. The Morgan fingerprint density at radius 2 is 1.69 bits per heavy atom. The molecule has 2 rings (SSSR count). The third kappa shape index (κ3) is 4.73. The van der Waals surface area contributed by atoms with Crippen LogP contribution in [-0.4, -0.2) is 9.13 Å². The molecule has 26 heavy (non-hydrogen) atoms. The highest BCUT2D eigenvalue weighted by Crippen LogP contribution is 2.23. The van der Waals surface area contributed by atoms with Gasteiger partial charge in [-0.2, -0.15) is 0 Å². The maximum absolute atomic E-state index is 12.1. The van der Waals surface area contributed by atoms with Gasteiger partial charge in [-0.3, -0.25) is 13.9 Å². The molecule has 0 aliphatic heterocycles. The predicted molar refractivity (Wildman–Crippen MR) is 106 cm³/mol. The summed E-state index contributed by atoms with van der Waals surface area (Å²) < 4.78 is 2.65. The molecule has 5 nitrogen and oxygen atoms in total. The van der Waals surface area contributed by atoms with Crippen molar-refractivity contribution in [1.29, 1.82) is 0 Å². The first-order valence-corrected chi connectivity index (χ1v) is 9.43. The summed E-state index contributed by atoms with van der Waals surface area (Å²) in [5, 5.41) is 3.52. The topological polar surface area (TPSA) is 56.0 Å². The fourth-order valence-corrected chi connectivity index (χ4v) is 3.17. The van der Waals surface area contributed by atoms with Crippen molar-refractivity contribution in [2.45, 2.75) is 52.6 Å². The summed E-state index contributed by atoms with van der Waals surface area (Å²) in [5.41, 5.74) is 2.73. The average molecular weight is 357 g/mol. The van der Waals surface area contributed by atoms with Crippen LogP contribution in [-0.2, 0) is 27.1 Å². The Balaban J connectivity index is 2.17. The van der Waals surface area contributed by atoms with Crippen molar-refractivity contribution in [2.24, 2.45) is 20.0 Å².